The van der Waals surface area contributed by atoms with Crippen LogP contribution >= 0.6 is 0 Å². The fourth-order valence-electron chi connectivity index (χ4n) is 1.10. The molecule has 0 spiro atoms. The summed E-state index contributed by atoms with van der Waals surface area (Å²) in [4.78, 5) is 3.73. The molecule has 74 valence electrons. The van der Waals surface area contributed by atoms with Gasteiger partial charge < -0.3 is 0 Å². The molecule has 0 atom stereocenters. The second-order valence-corrected chi connectivity index (χ2v) is 2.43. The number of pyridine rings is 1. The average Bonchev–Trinajstić information content (AvgIpc) is 2.27. The maximum absolute atomic E-state index is 13.0. The van der Waals surface area contributed by atoms with E-state index in [9.17, 15) is 8.78 Å². The number of hydrogen-bond acceptors (Lipinski definition) is 1. The Labute approximate surface area is 81.4 Å². The van der Waals surface area contributed by atoms with Gasteiger partial charge in [-0.1, -0.05) is 13.8 Å². The zero-order valence-electron chi connectivity index (χ0n) is 8.09. The summed E-state index contributed by atoms with van der Waals surface area (Å²) in [6.45, 7) is 4.00. The van der Waals surface area contributed by atoms with Crippen molar-refractivity contribution in [2.75, 3.05) is 0 Å². The molecule has 0 saturated carbocycles. The first-order chi connectivity index (χ1) is 6.79. The monoisotopic (exact) mass is 195 g/mol. The molecule has 2 rings (SSSR count). The standard InChI is InChI=1S/C9H5F2N.C2H6/c10-7-3-4-8(11)9-6(7)2-1-5-12-9;1-2/h1-5H;1-2H3. The number of nitrogens with zero attached hydrogens (tertiary/aromatic N) is 1. The van der Waals surface area contributed by atoms with Crippen LogP contribution in [0.25, 0.3) is 10.9 Å². The molecule has 0 fully saturated rings. The summed E-state index contributed by atoms with van der Waals surface area (Å²) in [5.74, 6) is -0.938. The second kappa shape index (κ2) is 4.65. The molecule has 2 aromatic rings. The van der Waals surface area contributed by atoms with Crippen LogP contribution in [-0.4, -0.2) is 4.98 Å². The molecule has 0 saturated heterocycles. The lowest BCUT2D eigenvalue weighted by Crippen LogP contribution is -1.86. The Morgan fingerprint density at radius 1 is 1.00 bits per heavy atom. The van der Waals surface area contributed by atoms with Crippen LogP contribution in [0.4, 0.5) is 8.78 Å². The summed E-state index contributed by atoms with van der Waals surface area (Å²) in [7, 11) is 0. The molecule has 0 N–H and O–H groups in total. The molecular weight excluding hydrogens is 184 g/mol. The topological polar surface area (TPSA) is 12.9 Å². The SMILES string of the molecule is CC.Fc1ccc(F)c2ncccc12. The number of aromatic nitrogens is 1. The Balaban J connectivity index is 0.000000461. The highest BCUT2D eigenvalue weighted by Gasteiger charge is 2.04. The van der Waals surface area contributed by atoms with Gasteiger partial charge in [0.2, 0.25) is 0 Å². The lowest BCUT2D eigenvalue weighted by atomic mass is 10.2. The molecule has 0 aliphatic rings. The molecule has 1 nitrogen and oxygen atoms in total. The minimum atomic E-state index is -0.494. The van der Waals surface area contributed by atoms with Crippen LogP contribution in [0.2, 0.25) is 0 Å². The van der Waals surface area contributed by atoms with Crippen LogP contribution in [0.15, 0.2) is 30.5 Å². The Kier molecular flexibility index (Phi) is 3.51. The molecule has 0 aliphatic heterocycles. The molecule has 1 aromatic heterocycles. The van der Waals surface area contributed by atoms with Crippen molar-refractivity contribution >= 4 is 10.9 Å². The first kappa shape index (κ1) is 10.6. The van der Waals surface area contributed by atoms with Gasteiger partial charge in [0.25, 0.3) is 0 Å². The van der Waals surface area contributed by atoms with E-state index in [1.54, 1.807) is 6.07 Å². The van der Waals surface area contributed by atoms with E-state index in [0.29, 0.717) is 0 Å². The van der Waals surface area contributed by atoms with Gasteiger partial charge in [-0.25, -0.2) is 8.78 Å². The van der Waals surface area contributed by atoms with Crippen molar-refractivity contribution in [1.82, 2.24) is 4.98 Å². The van der Waals surface area contributed by atoms with Gasteiger partial charge in [0.1, 0.15) is 17.2 Å². The summed E-state index contributed by atoms with van der Waals surface area (Å²) in [5, 5.41) is 0.220. The third kappa shape index (κ3) is 1.87. The van der Waals surface area contributed by atoms with Crippen LogP contribution in [0.1, 0.15) is 13.8 Å². The highest BCUT2D eigenvalue weighted by atomic mass is 19.1. The molecule has 3 heteroatoms. The van der Waals surface area contributed by atoms with E-state index >= 15 is 0 Å². The van der Waals surface area contributed by atoms with Crippen molar-refractivity contribution in [3.05, 3.63) is 42.1 Å². The van der Waals surface area contributed by atoms with Gasteiger partial charge in [-0.05, 0) is 24.3 Å². The number of rotatable bonds is 0. The minimum Gasteiger partial charge on any atom is -0.253 e. The second-order valence-electron chi connectivity index (χ2n) is 2.43. The van der Waals surface area contributed by atoms with Gasteiger partial charge in [0.15, 0.2) is 0 Å². The lowest BCUT2D eigenvalue weighted by molar-refractivity contribution is 0.615. The summed E-state index contributed by atoms with van der Waals surface area (Å²) >= 11 is 0. The normalized spacial score (nSPS) is 9.43. The molecule has 0 unspecified atom stereocenters. The van der Waals surface area contributed by atoms with Crippen LogP contribution in [-0.2, 0) is 0 Å². The quantitative estimate of drug-likeness (QED) is 0.626. The fraction of sp³-hybridized carbons (Fsp3) is 0.182. The first-order valence-corrected chi connectivity index (χ1v) is 4.48. The Bertz CT molecular complexity index is 386. The molecular formula is C11H11F2N. The highest BCUT2D eigenvalue weighted by molar-refractivity contribution is 5.79. The van der Waals surface area contributed by atoms with Crippen LogP contribution in [0.5, 0.6) is 0 Å². The molecule has 0 amide bonds. The third-order valence-corrected chi connectivity index (χ3v) is 1.67. The van der Waals surface area contributed by atoms with Crippen molar-refractivity contribution in [2.45, 2.75) is 13.8 Å². The van der Waals surface area contributed by atoms with Gasteiger partial charge in [-0.2, -0.15) is 0 Å². The van der Waals surface area contributed by atoms with E-state index in [-0.39, 0.29) is 10.9 Å². The number of hydrogen-bond donors (Lipinski definition) is 0. The van der Waals surface area contributed by atoms with Crippen molar-refractivity contribution in [2.24, 2.45) is 0 Å². The predicted molar refractivity (Wildman–Crippen MR) is 53.0 cm³/mol. The van der Waals surface area contributed by atoms with Crippen molar-refractivity contribution in [1.29, 1.82) is 0 Å². The average molecular weight is 195 g/mol. The Morgan fingerprint density at radius 3 is 2.29 bits per heavy atom. The molecule has 1 heterocycles. The fourth-order valence-corrected chi connectivity index (χ4v) is 1.10. The predicted octanol–water partition coefficient (Wildman–Crippen LogP) is 3.54. The van der Waals surface area contributed by atoms with Gasteiger partial charge in [0, 0.05) is 11.6 Å². The van der Waals surface area contributed by atoms with Gasteiger partial charge in [0.05, 0.1) is 0 Å². The maximum atomic E-state index is 13.0. The highest BCUT2D eigenvalue weighted by Crippen LogP contribution is 2.17. The van der Waals surface area contributed by atoms with Crippen molar-refractivity contribution in [3.8, 4) is 0 Å². The summed E-state index contributed by atoms with van der Waals surface area (Å²) in [6, 6.07) is 5.25. The Hall–Kier alpha value is -1.51. The third-order valence-electron chi connectivity index (χ3n) is 1.67. The van der Waals surface area contributed by atoms with Crippen molar-refractivity contribution < 1.29 is 8.78 Å². The van der Waals surface area contributed by atoms with Crippen LogP contribution in [0.3, 0.4) is 0 Å². The number of fused-ring (bicyclic) bond motifs is 1. The van der Waals surface area contributed by atoms with E-state index in [1.807, 2.05) is 13.8 Å². The van der Waals surface area contributed by atoms with Crippen molar-refractivity contribution in [3.63, 3.8) is 0 Å². The van der Waals surface area contributed by atoms with Crippen LogP contribution < -0.4 is 0 Å². The minimum absolute atomic E-state index is 0.0810. The van der Waals surface area contributed by atoms with E-state index < -0.39 is 11.6 Å². The largest absolute Gasteiger partial charge is 0.253 e. The van der Waals surface area contributed by atoms with Gasteiger partial charge in [-0.3, -0.25) is 4.98 Å². The van der Waals surface area contributed by atoms with Crippen LogP contribution in [0, 0.1) is 11.6 Å². The smallest absolute Gasteiger partial charge is 0.149 e. The number of benzene rings is 1. The van der Waals surface area contributed by atoms with Gasteiger partial charge >= 0.3 is 0 Å². The van der Waals surface area contributed by atoms with E-state index in [0.717, 1.165) is 12.1 Å². The molecule has 14 heavy (non-hydrogen) atoms. The Morgan fingerprint density at radius 2 is 1.64 bits per heavy atom. The van der Waals surface area contributed by atoms with Gasteiger partial charge in [-0.15, -0.1) is 0 Å². The van der Waals surface area contributed by atoms with E-state index in [1.165, 1.54) is 12.3 Å². The zero-order chi connectivity index (χ0) is 10.6. The maximum Gasteiger partial charge on any atom is 0.149 e. The lowest BCUT2D eigenvalue weighted by Gasteiger charge is -1.97. The van der Waals surface area contributed by atoms with E-state index in [4.69, 9.17) is 0 Å². The molecule has 0 radical (unpaired) electrons. The molecule has 0 aliphatic carbocycles. The molecule has 1 aromatic carbocycles. The summed E-state index contributed by atoms with van der Waals surface area (Å²) in [6.07, 6.45) is 1.44. The first-order valence-electron chi connectivity index (χ1n) is 4.48. The molecule has 0 bridgehead atoms. The van der Waals surface area contributed by atoms with E-state index in [2.05, 4.69) is 4.98 Å². The summed E-state index contributed by atoms with van der Waals surface area (Å²) < 4.78 is 25.9. The summed E-state index contributed by atoms with van der Waals surface area (Å²) in [5.41, 5.74) is 0.0810. The number of halogens is 2. The zero-order valence-corrected chi connectivity index (χ0v) is 8.09.